The third kappa shape index (κ3) is 10.2. The van der Waals surface area contributed by atoms with E-state index in [0.717, 1.165) is 23.7 Å². The number of aliphatic hydroxyl groups is 2. The number of ether oxygens (including phenoxy) is 5. The Hall–Kier alpha value is -2.84. The number of pyridine rings is 1. The number of para-hydroxylation sites is 1. The molecule has 55 heavy (non-hydrogen) atoms. The van der Waals surface area contributed by atoms with E-state index >= 15 is 0 Å². The standard InChI is InChI=1S/C43H66N2O10/c1-12-34-43(8,50)39(52-22-16-15-17-30-20-21-44-32-19-14-13-18-31(30)32)27(4)35(46)25(2)24-42(7,51-11)38(28(5)36(47)29(6)40(49)54-34)55-41-37(48)33(45(9)10)23-26(3)53-41/h13-14,18-21,25-29,33-34,37-39,41,48,50H,12,15-17,22-24H2,1-11H3/t25-,26-,27+,28+,29-,33+,34-,37-,38-,39?,41+,42+,43-/m1/s1. The fourth-order valence-corrected chi connectivity index (χ4v) is 8.73. The molecule has 2 fully saturated rings. The number of ketones is 2. The topological polar surface area (TPSA) is 154 Å². The van der Waals surface area contributed by atoms with Crippen molar-refractivity contribution < 1.29 is 48.3 Å². The number of aliphatic hydroxyl groups excluding tert-OH is 1. The van der Waals surface area contributed by atoms with Gasteiger partial charge in [0, 0.05) is 49.1 Å². The molecule has 2 saturated heterocycles. The van der Waals surface area contributed by atoms with E-state index in [1.165, 1.54) is 26.5 Å². The average molecular weight is 771 g/mol. The molecule has 1 aromatic heterocycles. The van der Waals surface area contributed by atoms with E-state index in [0.29, 0.717) is 12.8 Å². The van der Waals surface area contributed by atoms with Crippen LogP contribution in [0.15, 0.2) is 36.5 Å². The number of hydrogen-bond donors (Lipinski definition) is 2. The smallest absolute Gasteiger partial charge is 0.316 e. The monoisotopic (exact) mass is 770 g/mol. The normalized spacial score (nSPS) is 37.2. The predicted molar refractivity (Wildman–Crippen MR) is 209 cm³/mol. The highest BCUT2D eigenvalue weighted by atomic mass is 16.7. The first kappa shape index (κ1) is 44.9. The van der Waals surface area contributed by atoms with Crippen molar-refractivity contribution >= 4 is 28.4 Å². The van der Waals surface area contributed by atoms with E-state index in [2.05, 4.69) is 11.1 Å². The SMILES string of the molecule is CC[C@H]1OC(=O)[C@H](C)C(=O)[C@H](C)[C@@H](O[C@@H]2O[C@H](C)C[C@H](N(C)C)[C@H]2O)[C@@](C)(OC)C[C@@H](C)C(=O)[C@H](C)C(OCCCCc2ccnc3ccccc23)[C@]1(C)O. The van der Waals surface area contributed by atoms with Gasteiger partial charge in [-0.05, 0) is 98.0 Å². The number of likely N-dealkylation sites (N-methyl/N-ethyl adjacent to an activating group) is 1. The molecule has 0 bridgehead atoms. The maximum atomic E-state index is 14.4. The summed E-state index contributed by atoms with van der Waals surface area (Å²) < 4.78 is 31.2. The van der Waals surface area contributed by atoms with Crippen LogP contribution in [0.1, 0.15) is 93.1 Å². The van der Waals surface area contributed by atoms with Gasteiger partial charge < -0.3 is 38.8 Å². The molecule has 2 aliphatic heterocycles. The van der Waals surface area contributed by atoms with E-state index in [-0.39, 0.29) is 37.4 Å². The van der Waals surface area contributed by atoms with Gasteiger partial charge in [0.15, 0.2) is 12.1 Å². The molecule has 4 rings (SSSR count). The van der Waals surface area contributed by atoms with E-state index in [1.54, 1.807) is 34.6 Å². The van der Waals surface area contributed by atoms with Gasteiger partial charge in [-0.3, -0.25) is 19.4 Å². The number of nitrogens with zero attached hydrogens (tertiary/aromatic N) is 2. The van der Waals surface area contributed by atoms with Crippen LogP contribution in [0.25, 0.3) is 10.9 Å². The van der Waals surface area contributed by atoms with Crippen molar-refractivity contribution in [2.45, 2.75) is 148 Å². The fourth-order valence-electron chi connectivity index (χ4n) is 8.73. The van der Waals surface area contributed by atoms with Crippen LogP contribution in [0.5, 0.6) is 0 Å². The number of Topliss-reactive ketones (excluding diaryl/α,β-unsaturated/α-hetero) is 2. The molecule has 13 atom stereocenters. The number of aryl methyl sites for hydroxylation is 1. The summed E-state index contributed by atoms with van der Waals surface area (Å²) in [5.74, 6) is -5.06. The minimum absolute atomic E-state index is 0.134. The van der Waals surface area contributed by atoms with Crippen molar-refractivity contribution in [3.63, 3.8) is 0 Å². The van der Waals surface area contributed by atoms with Gasteiger partial charge in [0.1, 0.15) is 29.5 Å². The first-order valence-electron chi connectivity index (χ1n) is 20.0. The van der Waals surface area contributed by atoms with Crippen LogP contribution in [0.2, 0.25) is 0 Å². The number of methoxy groups -OCH3 is 1. The number of carbonyl (C=O) groups excluding carboxylic acids is 3. The number of benzene rings is 1. The predicted octanol–water partition coefficient (Wildman–Crippen LogP) is 5.32. The molecule has 2 N–H and O–H groups in total. The van der Waals surface area contributed by atoms with Gasteiger partial charge in [-0.2, -0.15) is 0 Å². The first-order chi connectivity index (χ1) is 25.9. The third-order valence-corrected chi connectivity index (χ3v) is 12.1. The van der Waals surface area contributed by atoms with Gasteiger partial charge in [-0.15, -0.1) is 0 Å². The molecule has 12 nitrogen and oxygen atoms in total. The quantitative estimate of drug-likeness (QED) is 0.173. The molecular formula is C43H66N2O10. The number of esters is 1. The fraction of sp³-hybridized carbons (Fsp3) is 0.721. The molecule has 0 aliphatic carbocycles. The summed E-state index contributed by atoms with van der Waals surface area (Å²) in [5.41, 5.74) is -0.904. The zero-order valence-electron chi connectivity index (χ0n) is 34.8. The van der Waals surface area contributed by atoms with Gasteiger partial charge in [-0.25, -0.2) is 0 Å². The van der Waals surface area contributed by atoms with Gasteiger partial charge in [0.05, 0.1) is 29.4 Å². The highest BCUT2D eigenvalue weighted by Crippen LogP contribution is 2.39. The number of carbonyl (C=O) groups is 3. The summed E-state index contributed by atoms with van der Waals surface area (Å²) in [6.07, 6.45) is -0.538. The summed E-state index contributed by atoms with van der Waals surface area (Å²) in [4.78, 5) is 48.8. The number of hydrogen-bond acceptors (Lipinski definition) is 12. The molecule has 2 aliphatic rings. The van der Waals surface area contributed by atoms with Gasteiger partial charge in [-0.1, -0.05) is 45.9 Å². The number of unbranched alkanes of at least 4 members (excludes halogenated alkanes) is 1. The molecule has 1 aromatic carbocycles. The lowest BCUT2D eigenvalue weighted by molar-refractivity contribution is -0.295. The largest absolute Gasteiger partial charge is 0.459 e. The molecule has 2 aromatic rings. The van der Waals surface area contributed by atoms with Crippen molar-refractivity contribution in [1.29, 1.82) is 0 Å². The lowest BCUT2D eigenvalue weighted by atomic mass is 9.74. The maximum Gasteiger partial charge on any atom is 0.316 e. The Morgan fingerprint density at radius 3 is 2.29 bits per heavy atom. The summed E-state index contributed by atoms with van der Waals surface area (Å²) in [7, 11) is 5.25. The molecule has 3 heterocycles. The molecule has 1 unspecified atom stereocenters. The van der Waals surface area contributed by atoms with Crippen molar-refractivity contribution in [3.05, 3.63) is 42.1 Å². The molecule has 0 saturated carbocycles. The Balaban J connectivity index is 1.63. The molecule has 0 spiro atoms. The van der Waals surface area contributed by atoms with Crippen LogP contribution in [-0.2, 0) is 44.5 Å². The van der Waals surface area contributed by atoms with E-state index in [1.807, 2.05) is 56.4 Å². The molecule has 308 valence electrons. The van der Waals surface area contributed by atoms with Crippen LogP contribution < -0.4 is 0 Å². The molecular weight excluding hydrogens is 704 g/mol. The second kappa shape index (κ2) is 19.1. The van der Waals surface area contributed by atoms with E-state index in [4.69, 9.17) is 23.7 Å². The number of cyclic esters (lactones) is 1. The summed E-state index contributed by atoms with van der Waals surface area (Å²) in [6.45, 7) is 13.9. The molecule has 0 radical (unpaired) electrons. The Morgan fingerprint density at radius 1 is 0.964 bits per heavy atom. The molecule has 0 amide bonds. The van der Waals surface area contributed by atoms with Crippen molar-refractivity contribution in [2.24, 2.45) is 23.7 Å². The van der Waals surface area contributed by atoms with Crippen LogP contribution in [0.4, 0.5) is 0 Å². The Morgan fingerprint density at radius 2 is 1.64 bits per heavy atom. The summed E-state index contributed by atoms with van der Waals surface area (Å²) >= 11 is 0. The second-order valence-electron chi connectivity index (χ2n) is 16.7. The Labute approximate surface area is 327 Å². The zero-order chi connectivity index (χ0) is 40.8. The number of fused-ring (bicyclic) bond motifs is 1. The Kier molecular flexibility index (Phi) is 15.6. The maximum absolute atomic E-state index is 14.4. The highest BCUT2D eigenvalue weighted by molar-refractivity contribution is 6.00. The van der Waals surface area contributed by atoms with Crippen LogP contribution >= 0.6 is 0 Å². The van der Waals surface area contributed by atoms with Gasteiger partial charge >= 0.3 is 5.97 Å². The summed E-state index contributed by atoms with van der Waals surface area (Å²) in [6, 6.07) is 9.77. The van der Waals surface area contributed by atoms with Gasteiger partial charge in [0.25, 0.3) is 0 Å². The van der Waals surface area contributed by atoms with E-state index < -0.39 is 77.3 Å². The van der Waals surface area contributed by atoms with Crippen LogP contribution in [-0.4, -0.2) is 119 Å². The Bertz CT molecular complexity index is 1590. The third-order valence-electron chi connectivity index (χ3n) is 12.1. The van der Waals surface area contributed by atoms with Crippen LogP contribution in [0.3, 0.4) is 0 Å². The van der Waals surface area contributed by atoms with Crippen molar-refractivity contribution in [2.75, 3.05) is 27.8 Å². The van der Waals surface area contributed by atoms with E-state index in [9.17, 15) is 24.6 Å². The van der Waals surface area contributed by atoms with Gasteiger partial charge in [0.2, 0.25) is 0 Å². The van der Waals surface area contributed by atoms with Crippen LogP contribution in [0, 0.1) is 23.7 Å². The van der Waals surface area contributed by atoms with Crippen molar-refractivity contribution in [1.82, 2.24) is 9.88 Å². The molecule has 12 heteroatoms. The zero-order valence-corrected chi connectivity index (χ0v) is 34.8. The van der Waals surface area contributed by atoms with Crippen molar-refractivity contribution in [3.8, 4) is 0 Å². The lowest BCUT2D eigenvalue weighted by Crippen LogP contribution is -2.60. The number of rotatable bonds is 11. The minimum atomic E-state index is -1.77. The first-order valence-corrected chi connectivity index (χ1v) is 20.0. The average Bonchev–Trinajstić information content (AvgIpc) is 3.16. The highest BCUT2D eigenvalue weighted by Gasteiger charge is 2.52. The lowest BCUT2D eigenvalue weighted by Gasteiger charge is -2.47. The summed E-state index contributed by atoms with van der Waals surface area (Å²) in [5, 5.41) is 24.7. The number of aromatic nitrogens is 1. The second-order valence-corrected chi connectivity index (χ2v) is 16.7. The minimum Gasteiger partial charge on any atom is -0.459 e.